The number of methoxy groups -OCH3 is 1. The molecule has 0 aromatic carbocycles. The molecular formula is C61H124N2O2. The number of nitrogens with zero attached hydrogens (tertiary/aromatic N) is 2. The van der Waals surface area contributed by atoms with Crippen LogP contribution in [0.5, 0.6) is 0 Å². The van der Waals surface area contributed by atoms with Gasteiger partial charge >= 0.3 is 5.97 Å². The van der Waals surface area contributed by atoms with E-state index in [0.29, 0.717) is 6.42 Å². The number of hydrogen-bond donors (Lipinski definition) is 0. The highest BCUT2D eigenvalue weighted by Crippen LogP contribution is 2.45. The molecule has 4 nitrogen and oxygen atoms in total. The van der Waals surface area contributed by atoms with Gasteiger partial charge in [0.25, 0.3) is 0 Å². The minimum Gasteiger partial charge on any atom is -0.469 e. The van der Waals surface area contributed by atoms with E-state index < -0.39 is 0 Å². The molecule has 4 atom stereocenters. The first-order valence-electron chi connectivity index (χ1n) is 30.2. The number of esters is 1. The van der Waals surface area contributed by atoms with Crippen LogP contribution in [-0.2, 0) is 9.53 Å². The van der Waals surface area contributed by atoms with Gasteiger partial charge in [0.1, 0.15) is 0 Å². The van der Waals surface area contributed by atoms with E-state index in [0.717, 1.165) is 30.3 Å². The summed E-state index contributed by atoms with van der Waals surface area (Å²) in [5.41, 5.74) is 0. The zero-order valence-electron chi connectivity index (χ0n) is 46.5. The Kier molecular flexibility index (Phi) is 50.8. The van der Waals surface area contributed by atoms with Crippen molar-refractivity contribution < 1.29 is 9.53 Å². The van der Waals surface area contributed by atoms with Gasteiger partial charge in [0.15, 0.2) is 0 Å². The molecule has 0 aromatic rings. The molecule has 0 amide bonds. The van der Waals surface area contributed by atoms with Gasteiger partial charge in [-0.1, -0.05) is 284 Å². The number of rotatable bonds is 51. The molecule has 1 fully saturated rings. The Morgan fingerprint density at radius 1 is 0.369 bits per heavy atom. The minimum absolute atomic E-state index is 0.0543. The van der Waals surface area contributed by atoms with E-state index in [1.165, 1.54) is 302 Å². The van der Waals surface area contributed by atoms with Crippen LogP contribution in [0.1, 0.15) is 329 Å². The summed E-state index contributed by atoms with van der Waals surface area (Å²) < 4.78 is 4.71. The molecule has 1 saturated carbocycles. The summed E-state index contributed by atoms with van der Waals surface area (Å²) >= 11 is 0. The monoisotopic (exact) mass is 917 g/mol. The maximum atomic E-state index is 11.1. The van der Waals surface area contributed by atoms with E-state index in [2.05, 4.69) is 58.8 Å². The summed E-state index contributed by atoms with van der Waals surface area (Å²) in [7, 11) is 10.6. The van der Waals surface area contributed by atoms with Crippen LogP contribution in [-0.4, -0.2) is 63.2 Å². The predicted octanol–water partition coefficient (Wildman–Crippen LogP) is 20.0. The van der Waals surface area contributed by atoms with Gasteiger partial charge in [-0.25, -0.2) is 0 Å². The first-order valence-corrected chi connectivity index (χ1v) is 30.2. The molecule has 1 aliphatic rings. The second-order valence-corrected chi connectivity index (χ2v) is 22.1. The van der Waals surface area contributed by atoms with Crippen molar-refractivity contribution in [2.24, 2.45) is 11.8 Å². The van der Waals surface area contributed by atoms with Gasteiger partial charge in [0, 0.05) is 18.5 Å². The molecule has 0 aromatic heterocycles. The number of hydrogen-bond acceptors (Lipinski definition) is 4. The Labute approximate surface area is 411 Å². The Bertz CT molecular complexity index is 921. The van der Waals surface area contributed by atoms with Crippen molar-refractivity contribution in [3.05, 3.63) is 0 Å². The lowest BCUT2D eigenvalue weighted by Gasteiger charge is -2.24. The number of carbonyl (C=O) groups excluding carboxylic acids is 1. The number of carbonyl (C=O) groups is 1. The van der Waals surface area contributed by atoms with Crippen molar-refractivity contribution in [3.8, 4) is 0 Å². The molecule has 1 aliphatic carbocycles. The fraction of sp³-hybridized carbons (Fsp3) is 0.984. The van der Waals surface area contributed by atoms with E-state index in [4.69, 9.17) is 4.74 Å². The summed E-state index contributed by atoms with van der Waals surface area (Å²) in [6.07, 6.45) is 67.6. The van der Waals surface area contributed by atoms with Crippen LogP contribution in [0.25, 0.3) is 0 Å². The highest BCUT2D eigenvalue weighted by Gasteiger charge is 2.35. The normalized spacial score (nSPS) is 15.7. The smallest absolute Gasteiger partial charge is 0.305 e. The van der Waals surface area contributed by atoms with Crippen LogP contribution in [0.2, 0.25) is 0 Å². The molecule has 0 aliphatic heterocycles. The SMILES string of the molecule is CCCCCCCCCC(CCCCCCCCCCC1CC1CCCCCC(=O)OC)N(C)C.CCCCCCCCCCCCCCCCCC(CCCCCCCCC)N(C)C. The van der Waals surface area contributed by atoms with Crippen molar-refractivity contribution >= 4 is 5.97 Å². The summed E-state index contributed by atoms with van der Waals surface area (Å²) in [6, 6.07) is 1.62. The van der Waals surface area contributed by atoms with E-state index >= 15 is 0 Å². The Balaban J connectivity index is 0.00000128. The van der Waals surface area contributed by atoms with Gasteiger partial charge in [-0.15, -0.1) is 0 Å². The van der Waals surface area contributed by atoms with Crippen LogP contribution >= 0.6 is 0 Å². The molecule has 0 N–H and O–H groups in total. The third kappa shape index (κ3) is 46.9. The highest BCUT2D eigenvalue weighted by molar-refractivity contribution is 5.68. The largest absolute Gasteiger partial charge is 0.469 e. The standard InChI is InChI=1S/C32H63NO2.C29H61N/c1-5-6-7-8-11-15-20-25-31(33(2)3)26-21-16-13-10-9-12-14-18-23-29-28-30(29)24-19-17-22-27-32(34)35-4;1-5-7-9-11-13-14-15-16-17-18-19-20-22-24-26-28-29(30(3)4)27-25-23-21-12-10-8-6-2/h29-31H,5-28H2,1-4H3;29H,5-28H2,1-4H3. The Morgan fingerprint density at radius 2 is 0.600 bits per heavy atom. The quantitative estimate of drug-likeness (QED) is 0.0450. The van der Waals surface area contributed by atoms with Gasteiger partial charge < -0.3 is 14.5 Å². The fourth-order valence-corrected chi connectivity index (χ4v) is 10.6. The van der Waals surface area contributed by atoms with E-state index in [9.17, 15) is 4.79 Å². The molecule has 4 heteroatoms. The van der Waals surface area contributed by atoms with Gasteiger partial charge in [-0.2, -0.15) is 0 Å². The zero-order chi connectivity index (χ0) is 47.7. The van der Waals surface area contributed by atoms with Crippen molar-refractivity contribution in [1.29, 1.82) is 0 Å². The molecule has 4 unspecified atom stereocenters. The third-order valence-corrected chi connectivity index (χ3v) is 15.5. The number of ether oxygens (including phenoxy) is 1. The first-order chi connectivity index (χ1) is 31.8. The summed E-state index contributed by atoms with van der Waals surface area (Å²) in [4.78, 5) is 16.1. The topological polar surface area (TPSA) is 32.8 Å². The third-order valence-electron chi connectivity index (χ3n) is 15.5. The lowest BCUT2D eigenvalue weighted by atomic mass is 9.99. The summed E-state index contributed by atoms with van der Waals surface area (Å²) in [5.74, 6) is 1.98. The first kappa shape index (κ1) is 64.4. The van der Waals surface area contributed by atoms with Gasteiger partial charge in [-0.05, 0) is 78.6 Å². The highest BCUT2D eigenvalue weighted by atomic mass is 16.5. The van der Waals surface area contributed by atoms with Crippen LogP contribution in [0, 0.1) is 11.8 Å². The maximum Gasteiger partial charge on any atom is 0.305 e. The lowest BCUT2D eigenvalue weighted by Crippen LogP contribution is -2.27. The molecule has 0 radical (unpaired) electrons. The van der Waals surface area contributed by atoms with Crippen molar-refractivity contribution in [3.63, 3.8) is 0 Å². The van der Waals surface area contributed by atoms with Crippen molar-refractivity contribution in [2.75, 3.05) is 35.3 Å². The van der Waals surface area contributed by atoms with E-state index in [1.54, 1.807) is 0 Å². The van der Waals surface area contributed by atoms with Crippen LogP contribution in [0.3, 0.4) is 0 Å². The Hall–Kier alpha value is -0.610. The van der Waals surface area contributed by atoms with Crippen LogP contribution in [0.4, 0.5) is 0 Å². The fourth-order valence-electron chi connectivity index (χ4n) is 10.6. The molecule has 0 bridgehead atoms. The molecular weight excluding hydrogens is 793 g/mol. The van der Waals surface area contributed by atoms with Gasteiger partial charge in [0.05, 0.1) is 7.11 Å². The average molecular weight is 918 g/mol. The lowest BCUT2D eigenvalue weighted by molar-refractivity contribution is -0.140. The number of unbranched alkanes of at least 4 members (excludes halogenated alkanes) is 35. The van der Waals surface area contributed by atoms with Gasteiger partial charge in [-0.3, -0.25) is 4.79 Å². The summed E-state index contributed by atoms with van der Waals surface area (Å²) in [6.45, 7) is 6.91. The molecule has 390 valence electrons. The van der Waals surface area contributed by atoms with E-state index in [-0.39, 0.29) is 5.97 Å². The minimum atomic E-state index is -0.0543. The second-order valence-electron chi connectivity index (χ2n) is 22.1. The molecule has 0 saturated heterocycles. The van der Waals surface area contributed by atoms with Crippen molar-refractivity contribution in [1.82, 2.24) is 9.80 Å². The van der Waals surface area contributed by atoms with E-state index in [1.807, 2.05) is 0 Å². The predicted molar refractivity (Wildman–Crippen MR) is 293 cm³/mol. The maximum absolute atomic E-state index is 11.1. The van der Waals surface area contributed by atoms with Crippen molar-refractivity contribution in [2.45, 2.75) is 341 Å². The zero-order valence-corrected chi connectivity index (χ0v) is 46.5. The molecule has 0 heterocycles. The summed E-state index contributed by atoms with van der Waals surface area (Å²) in [5, 5.41) is 0. The van der Waals surface area contributed by atoms with Gasteiger partial charge in [0.2, 0.25) is 0 Å². The molecule has 0 spiro atoms. The average Bonchev–Trinajstić information content (AvgIpc) is 4.06. The molecule has 65 heavy (non-hydrogen) atoms. The Morgan fingerprint density at radius 3 is 0.846 bits per heavy atom. The van der Waals surface area contributed by atoms with Crippen LogP contribution in [0.15, 0.2) is 0 Å². The molecule has 1 rings (SSSR count). The second kappa shape index (κ2) is 51.2. The van der Waals surface area contributed by atoms with Crippen LogP contribution < -0.4 is 0 Å².